The number of esters is 3. The summed E-state index contributed by atoms with van der Waals surface area (Å²) in [5.74, 6) is -1.09. The molecule has 0 spiro atoms. The number of rotatable bonds is 8. The van der Waals surface area contributed by atoms with Crippen molar-refractivity contribution < 1.29 is 41.8 Å². The van der Waals surface area contributed by atoms with Crippen LogP contribution in [-0.4, -0.2) is 42.9 Å². The summed E-state index contributed by atoms with van der Waals surface area (Å²) in [5, 5.41) is 0. The van der Waals surface area contributed by atoms with Gasteiger partial charge in [-0.15, -0.1) is 0 Å². The number of carbonyl (C=O) groups is 3. The third-order valence-corrected chi connectivity index (χ3v) is 6.80. The molecule has 0 heterocycles. The molecule has 6 nitrogen and oxygen atoms in total. The maximum atomic E-state index is 12.4. The van der Waals surface area contributed by atoms with Crippen molar-refractivity contribution in [3.63, 3.8) is 0 Å². The lowest BCUT2D eigenvalue weighted by Gasteiger charge is -2.55. The highest BCUT2D eigenvalue weighted by Gasteiger charge is 2.53. The molecule has 1 atom stereocenters. The van der Waals surface area contributed by atoms with E-state index in [-0.39, 0.29) is 6.42 Å². The van der Waals surface area contributed by atoms with Gasteiger partial charge in [0, 0.05) is 0 Å². The van der Waals surface area contributed by atoms with Crippen molar-refractivity contribution >= 4 is 17.9 Å². The first kappa shape index (κ1) is 22.9. The smallest absolute Gasteiger partial charge is 0.399 e. The van der Waals surface area contributed by atoms with Gasteiger partial charge in [-0.2, -0.15) is 13.2 Å². The quantitative estimate of drug-likeness (QED) is 0.425. The molecule has 0 amide bonds. The minimum absolute atomic E-state index is 0.162. The molecule has 0 aliphatic heterocycles. The van der Waals surface area contributed by atoms with Gasteiger partial charge in [0.05, 0.1) is 5.41 Å². The number of hydrogen-bond donors (Lipinski definition) is 0. The summed E-state index contributed by atoms with van der Waals surface area (Å²) in [6.07, 6.45) is -0.0493. The number of halogens is 3. The highest BCUT2D eigenvalue weighted by molar-refractivity contribution is 5.81. The molecule has 170 valence electrons. The Morgan fingerprint density at radius 2 is 1.47 bits per heavy atom. The average Bonchev–Trinajstić information content (AvgIpc) is 2.61. The van der Waals surface area contributed by atoms with Crippen LogP contribution in [0.5, 0.6) is 0 Å². The topological polar surface area (TPSA) is 78.9 Å². The minimum Gasteiger partial charge on any atom is -0.464 e. The van der Waals surface area contributed by atoms with Crippen molar-refractivity contribution in [2.75, 3.05) is 13.2 Å². The number of carbonyl (C=O) groups excluding carboxylic acids is 3. The van der Waals surface area contributed by atoms with Gasteiger partial charge < -0.3 is 14.2 Å². The summed E-state index contributed by atoms with van der Waals surface area (Å²) in [6, 6.07) is 0. The van der Waals surface area contributed by atoms with Crippen molar-refractivity contribution in [1.29, 1.82) is 0 Å². The number of hydrogen-bond acceptors (Lipinski definition) is 6. The van der Waals surface area contributed by atoms with Crippen molar-refractivity contribution in [2.45, 2.75) is 77.0 Å². The van der Waals surface area contributed by atoms with Gasteiger partial charge in [0.25, 0.3) is 0 Å². The van der Waals surface area contributed by atoms with Crippen molar-refractivity contribution in [3.8, 4) is 0 Å². The lowest BCUT2D eigenvalue weighted by atomic mass is 9.54. The standard InChI is InChI=1S/C21H29F3O6/c1-3-19(2,12-29-16(25)10-21(22,23)24)18(27)28-11-17(26)30-20-7-13-4-14(8-20)6-15(5-13)9-20/h13-15H,3-12H2,1-2H3. The Morgan fingerprint density at radius 3 is 1.93 bits per heavy atom. The molecule has 30 heavy (non-hydrogen) atoms. The van der Waals surface area contributed by atoms with Crippen LogP contribution in [-0.2, 0) is 28.6 Å². The van der Waals surface area contributed by atoms with Crippen LogP contribution >= 0.6 is 0 Å². The van der Waals surface area contributed by atoms with Crippen LogP contribution in [0.1, 0.15) is 65.2 Å². The molecule has 4 saturated carbocycles. The summed E-state index contributed by atoms with van der Waals surface area (Å²) in [7, 11) is 0. The van der Waals surface area contributed by atoms with Crippen LogP contribution in [0.3, 0.4) is 0 Å². The molecule has 0 aromatic rings. The van der Waals surface area contributed by atoms with Gasteiger partial charge in [0.15, 0.2) is 6.61 Å². The van der Waals surface area contributed by atoms with Gasteiger partial charge >= 0.3 is 24.1 Å². The van der Waals surface area contributed by atoms with Crippen LogP contribution in [0, 0.1) is 23.2 Å². The van der Waals surface area contributed by atoms with E-state index >= 15 is 0 Å². The predicted octanol–water partition coefficient (Wildman–Crippen LogP) is 3.95. The zero-order chi connectivity index (χ0) is 22.2. The SMILES string of the molecule is CCC(C)(COC(=O)CC(F)(F)F)C(=O)OCC(=O)OC12CC3CC(CC(C3)C1)C2. The third kappa shape index (κ3) is 5.46. The largest absolute Gasteiger partial charge is 0.464 e. The van der Waals surface area contributed by atoms with E-state index in [1.165, 1.54) is 26.2 Å². The molecule has 9 heteroatoms. The second-order valence-electron chi connectivity index (χ2n) is 9.52. The van der Waals surface area contributed by atoms with Crippen molar-refractivity contribution in [3.05, 3.63) is 0 Å². The average molecular weight is 434 g/mol. The van der Waals surface area contributed by atoms with Gasteiger partial charge in [-0.05, 0) is 69.6 Å². The molecule has 0 saturated heterocycles. The molecule has 0 radical (unpaired) electrons. The number of alkyl halides is 3. The lowest BCUT2D eigenvalue weighted by Crippen LogP contribution is -2.53. The van der Waals surface area contributed by atoms with E-state index in [9.17, 15) is 27.6 Å². The Hall–Kier alpha value is -1.80. The second kappa shape index (κ2) is 8.38. The fraction of sp³-hybridized carbons (Fsp3) is 0.857. The van der Waals surface area contributed by atoms with E-state index in [2.05, 4.69) is 4.74 Å². The molecule has 0 aromatic carbocycles. The fourth-order valence-electron chi connectivity index (χ4n) is 5.49. The molecule has 4 rings (SSSR count). The zero-order valence-corrected chi connectivity index (χ0v) is 17.4. The first-order valence-corrected chi connectivity index (χ1v) is 10.5. The van der Waals surface area contributed by atoms with E-state index in [0.29, 0.717) is 17.8 Å². The van der Waals surface area contributed by atoms with Crippen LogP contribution in [0.2, 0.25) is 0 Å². The lowest BCUT2D eigenvalue weighted by molar-refractivity contribution is -0.195. The molecule has 4 aliphatic rings. The summed E-state index contributed by atoms with van der Waals surface area (Å²) >= 11 is 0. The first-order chi connectivity index (χ1) is 13.9. The molecule has 4 aliphatic carbocycles. The monoisotopic (exact) mass is 434 g/mol. The maximum absolute atomic E-state index is 12.4. The Balaban J connectivity index is 1.47. The van der Waals surface area contributed by atoms with Gasteiger partial charge in [-0.25, -0.2) is 4.79 Å². The van der Waals surface area contributed by atoms with Crippen molar-refractivity contribution in [2.24, 2.45) is 23.2 Å². The summed E-state index contributed by atoms with van der Waals surface area (Å²) < 4.78 is 52.2. The Morgan fingerprint density at radius 1 is 0.933 bits per heavy atom. The van der Waals surface area contributed by atoms with Gasteiger partial charge in [-0.3, -0.25) is 9.59 Å². The first-order valence-electron chi connectivity index (χ1n) is 10.5. The predicted molar refractivity (Wildman–Crippen MR) is 98.0 cm³/mol. The van der Waals surface area contributed by atoms with Gasteiger partial charge in [0.2, 0.25) is 0 Å². The van der Waals surface area contributed by atoms with Gasteiger partial charge in [0.1, 0.15) is 18.6 Å². The molecule has 1 unspecified atom stereocenters. The van der Waals surface area contributed by atoms with Crippen LogP contribution in [0.4, 0.5) is 13.2 Å². The van der Waals surface area contributed by atoms with Crippen LogP contribution in [0.25, 0.3) is 0 Å². The van der Waals surface area contributed by atoms with Crippen LogP contribution < -0.4 is 0 Å². The summed E-state index contributed by atoms with van der Waals surface area (Å²) in [6.45, 7) is 1.92. The summed E-state index contributed by atoms with van der Waals surface area (Å²) in [4.78, 5) is 36.1. The highest BCUT2D eigenvalue weighted by Crippen LogP contribution is 2.57. The minimum atomic E-state index is -4.68. The van der Waals surface area contributed by atoms with E-state index in [4.69, 9.17) is 9.47 Å². The molecule has 0 aromatic heterocycles. The Bertz CT molecular complexity index is 653. The fourth-order valence-corrected chi connectivity index (χ4v) is 5.49. The Kier molecular flexibility index (Phi) is 6.39. The molecule has 4 fully saturated rings. The van der Waals surface area contributed by atoms with Gasteiger partial charge in [-0.1, -0.05) is 6.92 Å². The second-order valence-corrected chi connectivity index (χ2v) is 9.52. The maximum Gasteiger partial charge on any atom is 0.399 e. The summed E-state index contributed by atoms with van der Waals surface area (Å²) in [5.41, 5.74) is -1.79. The molecular formula is C21H29F3O6. The van der Waals surface area contributed by atoms with E-state index in [1.807, 2.05) is 0 Å². The third-order valence-electron chi connectivity index (χ3n) is 6.80. The Labute approximate surface area is 173 Å². The number of ether oxygens (including phenoxy) is 3. The molecule has 4 bridgehead atoms. The molecular weight excluding hydrogens is 405 g/mol. The van der Waals surface area contributed by atoms with E-state index in [0.717, 1.165) is 19.3 Å². The molecule has 0 N–H and O–H groups in total. The van der Waals surface area contributed by atoms with Crippen LogP contribution in [0.15, 0.2) is 0 Å². The zero-order valence-electron chi connectivity index (χ0n) is 17.4. The normalized spacial score (nSPS) is 31.7. The van der Waals surface area contributed by atoms with Crippen molar-refractivity contribution in [1.82, 2.24) is 0 Å². The van der Waals surface area contributed by atoms with E-state index in [1.54, 1.807) is 6.92 Å². The highest BCUT2D eigenvalue weighted by atomic mass is 19.4. The van der Waals surface area contributed by atoms with E-state index < -0.39 is 54.7 Å².